The highest BCUT2D eigenvalue weighted by Crippen LogP contribution is 2.65. The van der Waals surface area contributed by atoms with Gasteiger partial charge in [0, 0.05) is 16.2 Å². The number of hydrogen-bond acceptors (Lipinski definition) is 4. The van der Waals surface area contributed by atoms with Crippen molar-refractivity contribution in [1.29, 1.82) is 0 Å². The van der Waals surface area contributed by atoms with Gasteiger partial charge in [0.05, 0.1) is 6.10 Å². The Bertz CT molecular complexity index is 665. The molecule has 0 amide bonds. The van der Waals surface area contributed by atoms with Gasteiger partial charge >= 0.3 is 5.97 Å². The van der Waals surface area contributed by atoms with Crippen molar-refractivity contribution in [2.75, 3.05) is 6.61 Å². The van der Waals surface area contributed by atoms with Gasteiger partial charge in [0.15, 0.2) is 0 Å². The Balaban J connectivity index is 2.19. The zero-order valence-corrected chi connectivity index (χ0v) is 16.4. The van der Waals surface area contributed by atoms with Crippen LogP contribution in [0, 0.1) is 28.1 Å². The number of ether oxygens (including phenoxy) is 1. The van der Waals surface area contributed by atoms with Crippen LogP contribution >= 0.6 is 0 Å². The molecule has 4 nitrogen and oxygen atoms in total. The molecule has 26 heavy (non-hydrogen) atoms. The van der Waals surface area contributed by atoms with E-state index in [1.807, 2.05) is 13.0 Å². The van der Waals surface area contributed by atoms with Crippen molar-refractivity contribution in [3.63, 3.8) is 0 Å². The second-order valence-corrected chi connectivity index (χ2v) is 8.99. The maximum absolute atomic E-state index is 12.0. The minimum Gasteiger partial charge on any atom is -0.460 e. The van der Waals surface area contributed by atoms with Crippen LogP contribution in [0.2, 0.25) is 0 Å². The molecule has 0 aromatic heterocycles. The summed E-state index contributed by atoms with van der Waals surface area (Å²) in [4.78, 5) is 12.0. The molecule has 4 heteroatoms. The normalized spacial score (nSPS) is 47.4. The van der Waals surface area contributed by atoms with Crippen molar-refractivity contribution < 1.29 is 19.7 Å². The number of hydrogen-bond donors (Lipinski definition) is 2. The van der Waals surface area contributed by atoms with Crippen LogP contribution in [-0.2, 0) is 9.53 Å². The smallest absolute Gasteiger partial charge is 0.332 e. The third kappa shape index (κ3) is 2.45. The summed E-state index contributed by atoms with van der Waals surface area (Å²) in [7, 11) is 0. The van der Waals surface area contributed by atoms with E-state index in [9.17, 15) is 15.0 Å². The fraction of sp³-hybridized carbons (Fsp3) is 0.682. The number of aliphatic hydroxyl groups excluding tert-OH is 2. The van der Waals surface area contributed by atoms with Crippen molar-refractivity contribution in [1.82, 2.24) is 0 Å². The minimum absolute atomic E-state index is 0.0387. The molecule has 2 bridgehead atoms. The van der Waals surface area contributed by atoms with Crippen LogP contribution in [0.4, 0.5) is 0 Å². The lowest BCUT2D eigenvalue weighted by Gasteiger charge is -2.59. The Morgan fingerprint density at radius 1 is 1.42 bits per heavy atom. The topological polar surface area (TPSA) is 66.8 Å². The maximum Gasteiger partial charge on any atom is 0.332 e. The monoisotopic (exact) mass is 360 g/mol. The SMILES string of the molecule is C=C[C@]1(C)C[C@@H](OC(=O)CO)[C@@]2(C)C3=CC=C[C@@]3(CCC2C)[C@@H](C)[C@@H]1O. The molecule has 0 aliphatic heterocycles. The molecule has 2 N–H and O–H groups in total. The van der Waals surface area contributed by atoms with E-state index in [0.717, 1.165) is 12.8 Å². The number of rotatable bonds is 3. The van der Waals surface area contributed by atoms with E-state index in [2.05, 4.69) is 45.6 Å². The van der Waals surface area contributed by atoms with Gasteiger partial charge in [0.1, 0.15) is 12.7 Å². The van der Waals surface area contributed by atoms with Crippen LogP contribution in [-0.4, -0.2) is 35.0 Å². The lowest BCUT2D eigenvalue weighted by atomic mass is 9.46. The molecule has 0 radical (unpaired) electrons. The average molecular weight is 360 g/mol. The number of allylic oxidation sites excluding steroid dienone is 3. The molecule has 3 aliphatic rings. The van der Waals surface area contributed by atoms with Gasteiger partial charge in [-0.05, 0) is 36.7 Å². The fourth-order valence-corrected chi connectivity index (χ4v) is 5.75. The van der Waals surface area contributed by atoms with Crippen LogP contribution < -0.4 is 0 Å². The molecule has 0 aromatic rings. The summed E-state index contributed by atoms with van der Waals surface area (Å²) in [5.41, 5.74) is 0.130. The van der Waals surface area contributed by atoms with Gasteiger partial charge in [0.25, 0.3) is 0 Å². The van der Waals surface area contributed by atoms with E-state index in [-0.39, 0.29) is 16.7 Å². The first-order valence-electron chi connectivity index (χ1n) is 9.68. The Morgan fingerprint density at radius 2 is 2.12 bits per heavy atom. The first kappa shape index (κ1) is 19.4. The number of carbonyl (C=O) groups excluding carboxylic acids is 1. The average Bonchev–Trinajstić information content (AvgIpc) is 3.08. The third-order valence-electron chi connectivity index (χ3n) is 7.88. The van der Waals surface area contributed by atoms with Crippen molar-refractivity contribution in [2.24, 2.45) is 28.1 Å². The lowest BCUT2D eigenvalue weighted by Crippen LogP contribution is -2.58. The molecule has 3 aliphatic carbocycles. The highest BCUT2D eigenvalue weighted by atomic mass is 16.6. The second kappa shape index (κ2) is 6.35. The van der Waals surface area contributed by atoms with Gasteiger partial charge in [-0.3, -0.25) is 0 Å². The van der Waals surface area contributed by atoms with Crippen LogP contribution in [0.15, 0.2) is 36.5 Å². The fourth-order valence-electron chi connectivity index (χ4n) is 5.75. The summed E-state index contributed by atoms with van der Waals surface area (Å²) in [5, 5.41) is 20.6. The Morgan fingerprint density at radius 3 is 2.73 bits per heavy atom. The standard InChI is InChI=1S/C22H32O4/c1-6-20(4)12-17(26-18(24)13-23)21(5)14(2)9-11-22(15(3)19(20)25)10-7-8-16(21)22/h6-8,10,14-15,17,19,23,25H,1,9,11-13H2,2-5H3/t14?,15-,17+,19-,20+,21+,22+/m0/s1. The van der Waals surface area contributed by atoms with Crippen molar-refractivity contribution in [2.45, 2.75) is 59.2 Å². The molecule has 0 aromatic carbocycles. The van der Waals surface area contributed by atoms with Gasteiger partial charge < -0.3 is 14.9 Å². The third-order valence-corrected chi connectivity index (χ3v) is 7.88. The quantitative estimate of drug-likeness (QED) is 0.598. The van der Waals surface area contributed by atoms with E-state index in [0.29, 0.717) is 12.3 Å². The summed E-state index contributed by atoms with van der Waals surface area (Å²) in [5.74, 6) is -0.243. The van der Waals surface area contributed by atoms with Gasteiger partial charge in [-0.25, -0.2) is 4.79 Å². The number of aliphatic hydroxyl groups is 2. The summed E-state index contributed by atoms with van der Waals surface area (Å²) in [6, 6.07) is 0. The Kier molecular flexibility index (Phi) is 4.73. The first-order valence-corrected chi connectivity index (χ1v) is 9.68. The molecule has 3 rings (SSSR count). The minimum atomic E-state index is -0.632. The molecular formula is C22H32O4. The molecule has 7 atom stereocenters. The van der Waals surface area contributed by atoms with Crippen LogP contribution in [0.25, 0.3) is 0 Å². The van der Waals surface area contributed by atoms with E-state index < -0.39 is 30.2 Å². The van der Waals surface area contributed by atoms with Crippen LogP contribution in [0.3, 0.4) is 0 Å². The largest absolute Gasteiger partial charge is 0.460 e. The van der Waals surface area contributed by atoms with Gasteiger partial charge in [-0.1, -0.05) is 52.0 Å². The molecule has 2 saturated carbocycles. The Hall–Kier alpha value is -1.39. The number of carbonyl (C=O) groups is 1. The van der Waals surface area contributed by atoms with E-state index in [4.69, 9.17) is 4.74 Å². The van der Waals surface area contributed by atoms with Gasteiger partial charge in [0.2, 0.25) is 0 Å². The molecule has 2 fully saturated rings. The van der Waals surface area contributed by atoms with Gasteiger partial charge in [-0.2, -0.15) is 0 Å². The highest BCUT2D eigenvalue weighted by Gasteiger charge is 2.61. The van der Waals surface area contributed by atoms with E-state index >= 15 is 0 Å². The van der Waals surface area contributed by atoms with E-state index in [1.165, 1.54) is 5.57 Å². The summed E-state index contributed by atoms with van der Waals surface area (Å²) < 4.78 is 5.80. The molecule has 0 spiro atoms. The second-order valence-electron chi connectivity index (χ2n) is 8.99. The molecule has 144 valence electrons. The van der Waals surface area contributed by atoms with E-state index in [1.54, 1.807) is 0 Å². The lowest BCUT2D eigenvalue weighted by molar-refractivity contribution is -0.171. The maximum atomic E-state index is 12.0. The summed E-state index contributed by atoms with van der Waals surface area (Å²) in [6.45, 7) is 11.9. The number of esters is 1. The van der Waals surface area contributed by atoms with Crippen molar-refractivity contribution in [3.8, 4) is 0 Å². The predicted molar refractivity (Wildman–Crippen MR) is 101 cm³/mol. The van der Waals surface area contributed by atoms with Gasteiger partial charge in [-0.15, -0.1) is 6.58 Å². The first-order chi connectivity index (χ1) is 12.2. The molecular weight excluding hydrogens is 328 g/mol. The van der Waals surface area contributed by atoms with Crippen LogP contribution in [0.5, 0.6) is 0 Å². The molecule has 1 unspecified atom stereocenters. The molecule has 0 saturated heterocycles. The Labute approximate surface area is 156 Å². The zero-order chi connectivity index (χ0) is 19.3. The van der Waals surface area contributed by atoms with Crippen molar-refractivity contribution >= 4 is 5.97 Å². The predicted octanol–water partition coefficient (Wildman–Crippen LogP) is 3.40. The van der Waals surface area contributed by atoms with Crippen molar-refractivity contribution in [3.05, 3.63) is 36.5 Å². The van der Waals surface area contributed by atoms with Crippen LogP contribution in [0.1, 0.15) is 47.0 Å². The summed E-state index contributed by atoms with van der Waals surface area (Å²) in [6.07, 6.45) is 9.76. The highest BCUT2D eigenvalue weighted by molar-refractivity contribution is 5.70. The molecule has 0 heterocycles. The summed E-state index contributed by atoms with van der Waals surface area (Å²) >= 11 is 0. The zero-order valence-electron chi connectivity index (χ0n) is 16.4.